The van der Waals surface area contributed by atoms with Gasteiger partial charge in [-0.3, -0.25) is 4.90 Å². The number of halogens is 1. The molecule has 0 bridgehead atoms. The number of nitrogens with zero attached hydrogens (tertiary/aromatic N) is 1. The van der Waals surface area contributed by atoms with Crippen molar-refractivity contribution >= 4 is 5.97 Å². The van der Waals surface area contributed by atoms with Crippen molar-refractivity contribution in [2.45, 2.75) is 26.8 Å². The highest BCUT2D eigenvalue weighted by molar-refractivity contribution is 5.87. The standard InChI is InChI=1S/C15H20FNO2/c1-10-5-6-17(8-11(10)2)9-13-4-3-12(15(18)19)7-14(13)16/h3-4,7,10-11H,5-6,8-9H2,1-2H3,(H,18,19). The van der Waals surface area contributed by atoms with Gasteiger partial charge in [0.05, 0.1) is 5.56 Å². The predicted molar refractivity (Wildman–Crippen MR) is 71.6 cm³/mol. The van der Waals surface area contributed by atoms with E-state index in [4.69, 9.17) is 5.11 Å². The first-order valence-corrected chi connectivity index (χ1v) is 6.71. The zero-order valence-corrected chi connectivity index (χ0v) is 11.4. The largest absolute Gasteiger partial charge is 0.478 e. The number of carboxylic acids is 1. The molecule has 3 nitrogen and oxygen atoms in total. The molecule has 1 saturated heterocycles. The minimum Gasteiger partial charge on any atom is -0.478 e. The van der Waals surface area contributed by atoms with Gasteiger partial charge in [0, 0.05) is 18.7 Å². The molecule has 4 heteroatoms. The van der Waals surface area contributed by atoms with E-state index in [0.717, 1.165) is 31.5 Å². The van der Waals surface area contributed by atoms with E-state index in [-0.39, 0.29) is 5.56 Å². The van der Waals surface area contributed by atoms with Crippen molar-refractivity contribution in [2.75, 3.05) is 13.1 Å². The second-order valence-electron chi connectivity index (χ2n) is 5.59. The Balaban J connectivity index is 2.05. The summed E-state index contributed by atoms with van der Waals surface area (Å²) in [6.45, 7) is 6.99. The summed E-state index contributed by atoms with van der Waals surface area (Å²) in [5, 5.41) is 8.81. The number of hydrogen-bond acceptors (Lipinski definition) is 2. The molecule has 0 aromatic heterocycles. The van der Waals surface area contributed by atoms with Crippen molar-refractivity contribution in [1.82, 2.24) is 4.90 Å². The van der Waals surface area contributed by atoms with E-state index in [1.165, 1.54) is 6.07 Å². The fourth-order valence-corrected chi connectivity index (χ4v) is 2.54. The average molecular weight is 265 g/mol. The van der Waals surface area contributed by atoms with Crippen molar-refractivity contribution in [3.05, 3.63) is 35.1 Å². The van der Waals surface area contributed by atoms with Crippen LogP contribution >= 0.6 is 0 Å². The zero-order valence-electron chi connectivity index (χ0n) is 11.4. The van der Waals surface area contributed by atoms with E-state index in [2.05, 4.69) is 18.7 Å². The smallest absolute Gasteiger partial charge is 0.335 e. The van der Waals surface area contributed by atoms with Crippen LogP contribution in [0.15, 0.2) is 18.2 Å². The van der Waals surface area contributed by atoms with Crippen LogP contribution in [-0.4, -0.2) is 29.1 Å². The summed E-state index contributed by atoms with van der Waals surface area (Å²) in [6, 6.07) is 4.16. The van der Waals surface area contributed by atoms with E-state index in [0.29, 0.717) is 18.0 Å². The predicted octanol–water partition coefficient (Wildman–Crippen LogP) is 3.00. The molecule has 1 aromatic rings. The third kappa shape index (κ3) is 3.32. The van der Waals surface area contributed by atoms with Gasteiger partial charge in [-0.1, -0.05) is 19.9 Å². The molecule has 0 aliphatic carbocycles. The lowest BCUT2D eigenvalue weighted by Gasteiger charge is -2.35. The molecule has 19 heavy (non-hydrogen) atoms. The lowest BCUT2D eigenvalue weighted by molar-refractivity contribution is 0.0696. The second-order valence-corrected chi connectivity index (χ2v) is 5.59. The van der Waals surface area contributed by atoms with Gasteiger partial charge in [-0.25, -0.2) is 9.18 Å². The maximum absolute atomic E-state index is 13.8. The Hall–Kier alpha value is -1.42. The molecule has 2 unspecified atom stereocenters. The van der Waals surface area contributed by atoms with Gasteiger partial charge in [-0.05, 0) is 36.9 Å². The number of piperidine rings is 1. The Morgan fingerprint density at radius 3 is 2.74 bits per heavy atom. The molecule has 0 saturated carbocycles. The van der Waals surface area contributed by atoms with Crippen LogP contribution < -0.4 is 0 Å². The molecule has 2 rings (SSSR count). The Morgan fingerprint density at radius 1 is 1.42 bits per heavy atom. The number of carboxylic acid groups (broad SMARTS) is 1. The molecule has 1 aliphatic heterocycles. The summed E-state index contributed by atoms with van der Waals surface area (Å²) in [5.41, 5.74) is 0.577. The second kappa shape index (κ2) is 5.70. The fourth-order valence-electron chi connectivity index (χ4n) is 2.54. The summed E-state index contributed by atoms with van der Waals surface area (Å²) in [5.74, 6) is -0.178. The van der Waals surface area contributed by atoms with Crippen LogP contribution in [0.4, 0.5) is 4.39 Å². The van der Waals surface area contributed by atoms with E-state index >= 15 is 0 Å². The zero-order chi connectivity index (χ0) is 14.0. The summed E-state index contributed by atoms with van der Waals surface area (Å²) in [7, 11) is 0. The maximum Gasteiger partial charge on any atom is 0.335 e. The Bertz CT molecular complexity index is 475. The number of aromatic carboxylic acids is 1. The average Bonchev–Trinajstić information content (AvgIpc) is 2.36. The highest BCUT2D eigenvalue weighted by Crippen LogP contribution is 2.24. The van der Waals surface area contributed by atoms with Crippen molar-refractivity contribution in [3.8, 4) is 0 Å². The van der Waals surface area contributed by atoms with E-state index in [1.54, 1.807) is 6.07 Å². The van der Waals surface area contributed by atoms with E-state index in [9.17, 15) is 9.18 Å². The molecule has 0 spiro atoms. The molecule has 1 aromatic carbocycles. The summed E-state index contributed by atoms with van der Waals surface area (Å²) >= 11 is 0. The fraction of sp³-hybridized carbons (Fsp3) is 0.533. The minimum absolute atomic E-state index is 0.00174. The topological polar surface area (TPSA) is 40.5 Å². The molecule has 1 N–H and O–H groups in total. The molecule has 0 radical (unpaired) electrons. The number of benzene rings is 1. The van der Waals surface area contributed by atoms with Gasteiger partial charge in [0.1, 0.15) is 5.82 Å². The quantitative estimate of drug-likeness (QED) is 0.913. The Labute approximate surface area is 113 Å². The normalized spacial score (nSPS) is 24.4. The van der Waals surface area contributed by atoms with Gasteiger partial charge in [-0.15, -0.1) is 0 Å². The van der Waals surface area contributed by atoms with Gasteiger partial charge in [-0.2, -0.15) is 0 Å². The van der Waals surface area contributed by atoms with Gasteiger partial charge in [0.25, 0.3) is 0 Å². The van der Waals surface area contributed by atoms with Gasteiger partial charge in [0.15, 0.2) is 0 Å². The molecule has 1 heterocycles. The van der Waals surface area contributed by atoms with Crippen molar-refractivity contribution in [2.24, 2.45) is 11.8 Å². The third-order valence-electron chi connectivity index (χ3n) is 4.11. The molecule has 2 atom stereocenters. The number of rotatable bonds is 3. The van der Waals surface area contributed by atoms with Crippen LogP contribution in [0.5, 0.6) is 0 Å². The molecule has 104 valence electrons. The lowest BCUT2D eigenvalue weighted by atomic mass is 9.88. The first-order chi connectivity index (χ1) is 8.97. The summed E-state index contributed by atoms with van der Waals surface area (Å²) in [6.07, 6.45) is 1.13. The maximum atomic E-state index is 13.8. The summed E-state index contributed by atoms with van der Waals surface area (Å²) < 4.78 is 13.8. The van der Waals surface area contributed by atoms with Crippen LogP contribution in [0.1, 0.15) is 36.2 Å². The molecule has 1 aliphatic rings. The molecule has 0 amide bonds. The molecule has 1 fully saturated rings. The van der Waals surface area contributed by atoms with Gasteiger partial charge >= 0.3 is 5.97 Å². The van der Waals surface area contributed by atoms with Crippen molar-refractivity contribution in [1.29, 1.82) is 0 Å². The van der Waals surface area contributed by atoms with Crippen molar-refractivity contribution < 1.29 is 14.3 Å². The van der Waals surface area contributed by atoms with Crippen molar-refractivity contribution in [3.63, 3.8) is 0 Å². The SMILES string of the molecule is CC1CCN(Cc2ccc(C(=O)O)cc2F)CC1C. The van der Waals surface area contributed by atoms with Crippen LogP contribution in [0.25, 0.3) is 0 Å². The Kier molecular flexibility index (Phi) is 4.20. The molecular formula is C15H20FNO2. The number of carbonyl (C=O) groups is 1. The monoisotopic (exact) mass is 265 g/mol. The highest BCUT2D eigenvalue weighted by Gasteiger charge is 2.23. The van der Waals surface area contributed by atoms with E-state index in [1.807, 2.05) is 0 Å². The van der Waals surface area contributed by atoms with Gasteiger partial charge in [0.2, 0.25) is 0 Å². The van der Waals surface area contributed by atoms with Crippen LogP contribution in [0, 0.1) is 17.7 Å². The van der Waals surface area contributed by atoms with Gasteiger partial charge < -0.3 is 5.11 Å². The Morgan fingerprint density at radius 2 is 2.16 bits per heavy atom. The minimum atomic E-state index is -1.09. The van der Waals surface area contributed by atoms with Crippen LogP contribution in [0.3, 0.4) is 0 Å². The van der Waals surface area contributed by atoms with Crippen LogP contribution in [-0.2, 0) is 6.54 Å². The molecular weight excluding hydrogens is 245 g/mol. The first-order valence-electron chi connectivity index (χ1n) is 6.71. The lowest BCUT2D eigenvalue weighted by Crippen LogP contribution is -2.38. The van der Waals surface area contributed by atoms with Crippen LogP contribution in [0.2, 0.25) is 0 Å². The first kappa shape index (κ1) is 14.0. The third-order valence-corrected chi connectivity index (χ3v) is 4.11. The summed E-state index contributed by atoms with van der Waals surface area (Å²) in [4.78, 5) is 13.0. The number of hydrogen-bond donors (Lipinski definition) is 1. The van der Waals surface area contributed by atoms with E-state index < -0.39 is 11.8 Å². The number of likely N-dealkylation sites (tertiary alicyclic amines) is 1. The highest BCUT2D eigenvalue weighted by atomic mass is 19.1.